The van der Waals surface area contributed by atoms with Gasteiger partial charge in [0.25, 0.3) is 5.78 Å². The molecule has 0 bridgehead atoms. The minimum Gasteiger partial charge on any atom is -0.180 e. The highest BCUT2D eigenvalue weighted by Gasteiger charge is 2.09. The van der Waals surface area contributed by atoms with Gasteiger partial charge in [0, 0.05) is 10.6 Å². The van der Waals surface area contributed by atoms with E-state index in [1.807, 2.05) is 0 Å². The quantitative estimate of drug-likeness (QED) is 0.676. The molecule has 0 aliphatic rings. The highest BCUT2D eigenvalue weighted by molar-refractivity contribution is 6.36. The third-order valence-electron chi connectivity index (χ3n) is 2.45. The summed E-state index contributed by atoms with van der Waals surface area (Å²) in [6, 6.07) is 5.17. The zero-order chi connectivity index (χ0) is 13.4. The van der Waals surface area contributed by atoms with Gasteiger partial charge in [-0.15, -0.1) is 5.10 Å². The minimum atomic E-state index is 0.429. The van der Waals surface area contributed by atoms with Crippen LogP contribution in [0.4, 0.5) is 0 Å². The monoisotopic (exact) mass is 295 g/mol. The number of halogens is 2. The SMILES string of the molecule is Cc1nn2nnnc2n1/N=C/c1ccc(Cl)cc1Cl. The van der Waals surface area contributed by atoms with Crippen LogP contribution in [0.15, 0.2) is 23.3 Å². The lowest BCUT2D eigenvalue weighted by Crippen LogP contribution is -1.95. The van der Waals surface area contributed by atoms with Crippen LogP contribution in [0, 0.1) is 6.92 Å². The Morgan fingerprint density at radius 3 is 2.95 bits per heavy atom. The van der Waals surface area contributed by atoms with Crippen LogP contribution in [0.2, 0.25) is 10.0 Å². The molecule has 1 aromatic carbocycles. The fourth-order valence-electron chi connectivity index (χ4n) is 1.56. The third kappa shape index (κ3) is 2.18. The smallest absolute Gasteiger partial charge is 0.180 e. The van der Waals surface area contributed by atoms with Gasteiger partial charge in [0.15, 0.2) is 5.82 Å². The Labute approximate surface area is 117 Å². The summed E-state index contributed by atoms with van der Waals surface area (Å²) in [5.41, 5.74) is 0.741. The number of hydrogen-bond acceptors (Lipinski definition) is 5. The molecule has 0 fully saturated rings. The Morgan fingerprint density at radius 1 is 1.32 bits per heavy atom. The van der Waals surface area contributed by atoms with Gasteiger partial charge in [-0.25, -0.2) is 0 Å². The lowest BCUT2D eigenvalue weighted by Gasteiger charge is -1.98. The maximum absolute atomic E-state index is 6.06. The second-order valence-electron chi connectivity index (χ2n) is 3.74. The van der Waals surface area contributed by atoms with Crippen molar-refractivity contribution >= 4 is 35.2 Å². The molecule has 7 nitrogen and oxygen atoms in total. The van der Waals surface area contributed by atoms with Crippen molar-refractivity contribution in [1.29, 1.82) is 0 Å². The van der Waals surface area contributed by atoms with E-state index < -0.39 is 0 Å². The van der Waals surface area contributed by atoms with E-state index in [-0.39, 0.29) is 0 Å². The number of fused-ring (bicyclic) bond motifs is 1. The van der Waals surface area contributed by atoms with E-state index in [0.717, 1.165) is 5.56 Å². The average Bonchev–Trinajstić information content (AvgIpc) is 2.90. The first-order valence-electron chi connectivity index (χ1n) is 5.28. The highest BCUT2D eigenvalue weighted by atomic mass is 35.5. The molecule has 0 saturated carbocycles. The molecule has 0 N–H and O–H groups in total. The molecule has 0 radical (unpaired) electrons. The van der Waals surface area contributed by atoms with E-state index in [2.05, 4.69) is 25.7 Å². The molecule has 0 unspecified atom stereocenters. The van der Waals surface area contributed by atoms with Crippen molar-refractivity contribution in [2.75, 3.05) is 0 Å². The topological polar surface area (TPSA) is 73.3 Å². The first-order chi connectivity index (χ1) is 9.15. The Hall–Kier alpha value is -1.99. The lowest BCUT2D eigenvalue weighted by molar-refractivity contribution is 0.727. The van der Waals surface area contributed by atoms with Gasteiger partial charge in [-0.1, -0.05) is 39.0 Å². The predicted molar refractivity (Wildman–Crippen MR) is 70.8 cm³/mol. The molecule has 0 amide bonds. The van der Waals surface area contributed by atoms with Crippen LogP contribution >= 0.6 is 23.2 Å². The molecule has 2 heterocycles. The summed E-state index contributed by atoms with van der Waals surface area (Å²) in [6.45, 7) is 1.79. The number of rotatable bonds is 2. The van der Waals surface area contributed by atoms with Crippen LogP contribution in [0.5, 0.6) is 0 Å². The van der Waals surface area contributed by atoms with E-state index in [9.17, 15) is 0 Å². The summed E-state index contributed by atoms with van der Waals surface area (Å²) < 4.78 is 2.82. The Balaban J connectivity index is 2.02. The maximum Gasteiger partial charge on any atom is 0.294 e. The number of benzene rings is 1. The van der Waals surface area contributed by atoms with E-state index in [0.29, 0.717) is 21.6 Å². The van der Waals surface area contributed by atoms with E-state index in [1.165, 1.54) is 9.31 Å². The van der Waals surface area contributed by atoms with Gasteiger partial charge in [-0.3, -0.25) is 0 Å². The molecule has 3 rings (SSSR count). The summed E-state index contributed by atoms with van der Waals surface area (Å²) in [4.78, 5) is 0. The van der Waals surface area contributed by atoms with Gasteiger partial charge in [-0.05, 0) is 29.5 Å². The van der Waals surface area contributed by atoms with Crippen molar-refractivity contribution < 1.29 is 0 Å². The first kappa shape index (κ1) is 12.1. The number of nitrogens with zero attached hydrogens (tertiary/aromatic N) is 7. The number of tetrazole rings is 1. The maximum atomic E-state index is 6.06. The van der Waals surface area contributed by atoms with Gasteiger partial charge in [0.05, 0.1) is 11.2 Å². The van der Waals surface area contributed by atoms with E-state index >= 15 is 0 Å². The first-order valence-corrected chi connectivity index (χ1v) is 6.04. The van der Waals surface area contributed by atoms with Gasteiger partial charge >= 0.3 is 0 Å². The van der Waals surface area contributed by atoms with Crippen molar-refractivity contribution in [3.63, 3.8) is 0 Å². The molecule has 0 aliphatic carbocycles. The molecule has 2 aromatic heterocycles. The molecule has 0 saturated heterocycles. The molecule has 96 valence electrons. The van der Waals surface area contributed by atoms with Crippen LogP contribution in [0.3, 0.4) is 0 Å². The van der Waals surface area contributed by atoms with Crippen molar-refractivity contribution in [3.8, 4) is 0 Å². The molecule has 19 heavy (non-hydrogen) atoms. The van der Waals surface area contributed by atoms with Crippen molar-refractivity contribution in [1.82, 2.24) is 29.9 Å². The predicted octanol–water partition coefficient (Wildman–Crippen LogP) is 1.82. The van der Waals surface area contributed by atoms with Crippen molar-refractivity contribution in [3.05, 3.63) is 39.6 Å². The molecular weight excluding hydrogens is 289 g/mol. The fourth-order valence-corrected chi connectivity index (χ4v) is 2.01. The molecule has 9 heteroatoms. The standard InChI is InChI=1S/C10H7Cl2N7/c1-6-15-19-10(14-16-17-19)18(6)13-5-7-2-3-8(11)4-9(7)12/h2-5H,1H3/b13-5+. The zero-order valence-electron chi connectivity index (χ0n) is 9.70. The van der Waals surface area contributed by atoms with Crippen molar-refractivity contribution in [2.45, 2.75) is 6.92 Å². The Kier molecular flexibility index (Phi) is 2.92. The molecule has 0 spiro atoms. The van der Waals surface area contributed by atoms with Gasteiger partial charge in [0.1, 0.15) is 0 Å². The van der Waals surface area contributed by atoms with Crippen LogP contribution in [0.1, 0.15) is 11.4 Å². The summed E-state index contributed by atoms with van der Waals surface area (Å²) >= 11 is 11.9. The molecule has 3 aromatic rings. The third-order valence-corrected chi connectivity index (χ3v) is 3.01. The normalized spacial score (nSPS) is 11.7. The Morgan fingerprint density at radius 2 is 2.16 bits per heavy atom. The number of aromatic nitrogens is 6. The van der Waals surface area contributed by atoms with Gasteiger partial charge < -0.3 is 0 Å². The lowest BCUT2D eigenvalue weighted by atomic mass is 10.2. The van der Waals surface area contributed by atoms with Gasteiger partial charge in [-0.2, -0.15) is 9.78 Å². The van der Waals surface area contributed by atoms with Crippen LogP contribution in [-0.2, 0) is 0 Å². The average molecular weight is 296 g/mol. The van der Waals surface area contributed by atoms with Crippen LogP contribution in [-0.4, -0.2) is 36.1 Å². The molecule has 0 atom stereocenters. The van der Waals surface area contributed by atoms with Gasteiger partial charge in [0.2, 0.25) is 0 Å². The second-order valence-corrected chi connectivity index (χ2v) is 4.58. The number of hydrogen-bond donors (Lipinski definition) is 0. The minimum absolute atomic E-state index is 0.429. The number of aryl methyl sites for hydroxylation is 1. The van der Waals surface area contributed by atoms with E-state index in [1.54, 1.807) is 31.3 Å². The molecular formula is C10H7Cl2N7. The summed E-state index contributed by atoms with van der Waals surface area (Å²) in [6.07, 6.45) is 1.60. The highest BCUT2D eigenvalue weighted by Crippen LogP contribution is 2.19. The largest absolute Gasteiger partial charge is 0.294 e. The van der Waals surface area contributed by atoms with Crippen LogP contribution in [0.25, 0.3) is 5.78 Å². The summed E-state index contributed by atoms with van der Waals surface area (Å²) in [7, 11) is 0. The Bertz CT molecular complexity index is 773. The van der Waals surface area contributed by atoms with Crippen LogP contribution < -0.4 is 0 Å². The molecule has 0 aliphatic heterocycles. The van der Waals surface area contributed by atoms with E-state index in [4.69, 9.17) is 23.2 Å². The summed E-state index contributed by atoms with van der Waals surface area (Å²) in [5.74, 6) is 1.07. The summed E-state index contributed by atoms with van der Waals surface area (Å²) in [5, 5.41) is 20.5. The zero-order valence-corrected chi connectivity index (χ0v) is 11.2. The fraction of sp³-hybridized carbons (Fsp3) is 0.100. The second kappa shape index (κ2) is 4.60. The van der Waals surface area contributed by atoms with Crippen molar-refractivity contribution in [2.24, 2.45) is 5.10 Å².